The van der Waals surface area contributed by atoms with Crippen molar-refractivity contribution in [2.45, 2.75) is 25.8 Å². The van der Waals surface area contributed by atoms with Crippen LogP contribution in [0.15, 0.2) is 39.6 Å². The number of methoxy groups -OCH3 is 1. The van der Waals surface area contributed by atoms with Crippen molar-refractivity contribution >= 4 is 27.5 Å². The molecular formula is C17H17BrN2O3. The van der Waals surface area contributed by atoms with E-state index < -0.39 is 0 Å². The van der Waals surface area contributed by atoms with E-state index in [1.807, 2.05) is 24.3 Å². The van der Waals surface area contributed by atoms with Crippen molar-refractivity contribution in [2.75, 3.05) is 12.4 Å². The number of pyridine rings is 1. The van der Waals surface area contributed by atoms with Gasteiger partial charge in [-0.05, 0) is 37.5 Å². The lowest BCUT2D eigenvalue weighted by Crippen LogP contribution is -2.30. The van der Waals surface area contributed by atoms with Crippen LogP contribution in [-0.2, 0) is 13.0 Å². The first-order valence-electron chi connectivity index (χ1n) is 7.48. The van der Waals surface area contributed by atoms with E-state index in [2.05, 4.69) is 21.2 Å². The molecule has 1 aliphatic heterocycles. The summed E-state index contributed by atoms with van der Waals surface area (Å²) in [6.07, 6.45) is 2.61. The molecule has 0 atom stereocenters. The molecule has 23 heavy (non-hydrogen) atoms. The van der Waals surface area contributed by atoms with E-state index >= 15 is 0 Å². The van der Waals surface area contributed by atoms with E-state index in [4.69, 9.17) is 4.74 Å². The number of hydrogen-bond acceptors (Lipinski definition) is 3. The number of amides is 1. The Bertz CT molecular complexity index is 814. The number of halogens is 1. The topological polar surface area (TPSA) is 60.3 Å². The Morgan fingerprint density at radius 2 is 2.13 bits per heavy atom. The molecule has 3 rings (SSSR count). The predicted molar refractivity (Wildman–Crippen MR) is 92.3 cm³/mol. The Kier molecular flexibility index (Phi) is 4.52. The highest BCUT2D eigenvalue weighted by Gasteiger charge is 2.24. The Morgan fingerprint density at radius 3 is 2.87 bits per heavy atom. The number of nitrogens with one attached hydrogen (secondary N) is 1. The molecule has 2 aromatic rings. The van der Waals surface area contributed by atoms with Crippen molar-refractivity contribution in [3.05, 3.63) is 56.4 Å². The minimum absolute atomic E-state index is 0.115. The highest BCUT2D eigenvalue weighted by molar-refractivity contribution is 9.10. The van der Waals surface area contributed by atoms with Gasteiger partial charge in [-0.15, -0.1) is 0 Å². The SMILES string of the molecule is COc1cc(=O)n2c(c1C(=O)Nc1cccc(Br)c1)CCCC2. The van der Waals surface area contributed by atoms with Crippen LogP contribution < -0.4 is 15.6 Å². The van der Waals surface area contributed by atoms with Gasteiger partial charge < -0.3 is 14.6 Å². The van der Waals surface area contributed by atoms with Crippen LogP contribution in [0, 0.1) is 0 Å². The molecule has 1 aromatic heterocycles. The number of fused-ring (bicyclic) bond motifs is 1. The first-order valence-corrected chi connectivity index (χ1v) is 8.27. The molecule has 6 heteroatoms. The average molecular weight is 377 g/mol. The zero-order chi connectivity index (χ0) is 16.4. The third-order valence-corrected chi connectivity index (χ3v) is 4.45. The Labute approximate surface area is 142 Å². The second-order valence-electron chi connectivity index (χ2n) is 5.45. The third-order valence-electron chi connectivity index (χ3n) is 3.96. The second kappa shape index (κ2) is 6.58. The minimum Gasteiger partial charge on any atom is -0.496 e. The number of carbonyl (C=O) groups excluding carboxylic acids is 1. The molecule has 1 amide bonds. The van der Waals surface area contributed by atoms with Gasteiger partial charge in [0.1, 0.15) is 11.3 Å². The number of rotatable bonds is 3. The van der Waals surface area contributed by atoms with Gasteiger partial charge in [0.2, 0.25) is 0 Å². The van der Waals surface area contributed by atoms with Gasteiger partial charge in [0, 0.05) is 28.5 Å². The average Bonchev–Trinajstić information content (AvgIpc) is 2.54. The van der Waals surface area contributed by atoms with Crippen molar-refractivity contribution in [3.63, 3.8) is 0 Å². The molecule has 120 valence electrons. The van der Waals surface area contributed by atoms with Gasteiger partial charge in [0.05, 0.1) is 7.11 Å². The minimum atomic E-state index is -0.259. The van der Waals surface area contributed by atoms with E-state index in [0.717, 1.165) is 23.0 Å². The molecule has 1 aromatic carbocycles. The summed E-state index contributed by atoms with van der Waals surface area (Å²) in [6.45, 7) is 0.648. The first-order chi connectivity index (χ1) is 11.1. The maximum Gasteiger partial charge on any atom is 0.261 e. The zero-order valence-electron chi connectivity index (χ0n) is 12.8. The van der Waals surface area contributed by atoms with Gasteiger partial charge >= 0.3 is 0 Å². The highest BCUT2D eigenvalue weighted by Crippen LogP contribution is 2.26. The first kappa shape index (κ1) is 15.8. The van der Waals surface area contributed by atoms with Crippen LogP contribution in [0.1, 0.15) is 28.9 Å². The molecular weight excluding hydrogens is 360 g/mol. The van der Waals surface area contributed by atoms with Crippen LogP contribution in [0.3, 0.4) is 0 Å². The van der Waals surface area contributed by atoms with Gasteiger partial charge in [-0.2, -0.15) is 0 Å². The van der Waals surface area contributed by atoms with E-state index in [9.17, 15) is 9.59 Å². The predicted octanol–water partition coefficient (Wildman–Crippen LogP) is 3.21. The molecule has 0 fully saturated rings. The Balaban J connectivity index is 2.04. The second-order valence-corrected chi connectivity index (χ2v) is 6.36. The summed E-state index contributed by atoms with van der Waals surface area (Å²) in [7, 11) is 1.48. The largest absolute Gasteiger partial charge is 0.496 e. The van der Waals surface area contributed by atoms with Crippen molar-refractivity contribution in [3.8, 4) is 5.75 Å². The maximum atomic E-state index is 12.8. The summed E-state index contributed by atoms with van der Waals surface area (Å²) >= 11 is 3.38. The number of nitrogens with zero attached hydrogens (tertiary/aromatic N) is 1. The molecule has 0 unspecified atom stereocenters. The number of carbonyl (C=O) groups is 1. The third kappa shape index (κ3) is 3.17. The van der Waals surface area contributed by atoms with Gasteiger partial charge in [-0.3, -0.25) is 9.59 Å². The normalized spacial score (nSPS) is 13.3. The lowest BCUT2D eigenvalue weighted by atomic mass is 10.0. The standard InChI is InChI=1S/C17H17BrN2O3/c1-23-14-10-15(21)20-8-3-2-7-13(20)16(14)17(22)19-12-6-4-5-11(18)9-12/h4-6,9-10H,2-3,7-8H2,1H3,(H,19,22). The summed E-state index contributed by atoms with van der Waals surface area (Å²) in [5.74, 6) is 0.0706. The van der Waals surface area contributed by atoms with Crippen molar-refractivity contribution < 1.29 is 9.53 Å². The summed E-state index contributed by atoms with van der Waals surface area (Å²) in [5.41, 5.74) is 1.78. The van der Waals surface area contributed by atoms with Crippen molar-refractivity contribution in [1.29, 1.82) is 0 Å². The summed E-state index contributed by atoms with van der Waals surface area (Å²) in [5, 5.41) is 2.88. The molecule has 0 saturated carbocycles. The fraction of sp³-hybridized carbons (Fsp3) is 0.294. The number of aromatic nitrogens is 1. The lowest BCUT2D eigenvalue weighted by molar-refractivity contribution is 0.102. The molecule has 0 bridgehead atoms. The zero-order valence-corrected chi connectivity index (χ0v) is 14.4. The number of benzene rings is 1. The van der Waals surface area contributed by atoms with E-state index in [1.54, 1.807) is 4.57 Å². The molecule has 0 saturated heterocycles. The number of ether oxygens (including phenoxy) is 1. The van der Waals surface area contributed by atoms with E-state index in [-0.39, 0.29) is 11.5 Å². The summed E-state index contributed by atoms with van der Waals surface area (Å²) in [4.78, 5) is 24.9. The molecule has 5 nitrogen and oxygen atoms in total. The monoisotopic (exact) mass is 376 g/mol. The summed E-state index contributed by atoms with van der Waals surface area (Å²) < 4.78 is 7.86. The fourth-order valence-corrected chi connectivity index (χ4v) is 3.30. The molecule has 0 spiro atoms. The smallest absolute Gasteiger partial charge is 0.261 e. The van der Waals surface area contributed by atoms with Gasteiger partial charge in [-0.1, -0.05) is 22.0 Å². The summed E-state index contributed by atoms with van der Waals surface area (Å²) in [6, 6.07) is 8.77. The fourth-order valence-electron chi connectivity index (χ4n) is 2.90. The van der Waals surface area contributed by atoms with E-state index in [0.29, 0.717) is 30.0 Å². The van der Waals surface area contributed by atoms with Crippen LogP contribution in [0.25, 0.3) is 0 Å². The van der Waals surface area contributed by atoms with Gasteiger partial charge in [0.15, 0.2) is 0 Å². The quantitative estimate of drug-likeness (QED) is 0.894. The molecule has 0 radical (unpaired) electrons. The highest BCUT2D eigenvalue weighted by atomic mass is 79.9. The molecule has 1 aliphatic rings. The van der Waals surface area contributed by atoms with Crippen LogP contribution in [-0.4, -0.2) is 17.6 Å². The molecule has 2 heterocycles. The van der Waals surface area contributed by atoms with Crippen LogP contribution in [0.5, 0.6) is 5.75 Å². The van der Waals surface area contributed by atoms with E-state index in [1.165, 1.54) is 13.2 Å². The van der Waals surface area contributed by atoms with Gasteiger partial charge in [0.25, 0.3) is 11.5 Å². The van der Waals surface area contributed by atoms with Gasteiger partial charge in [-0.25, -0.2) is 0 Å². The Hall–Kier alpha value is -2.08. The van der Waals surface area contributed by atoms with Crippen molar-refractivity contribution in [1.82, 2.24) is 4.57 Å². The maximum absolute atomic E-state index is 12.8. The molecule has 1 N–H and O–H groups in total. The lowest BCUT2D eigenvalue weighted by Gasteiger charge is -2.22. The number of hydrogen-bond donors (Lipinski definition) is 1. The van der Waals surface area contributed by atoms with Crippen LogP contribution in [0.2, 0.25) is 0 Å². The van der Waals surface area contributed by atoms with Crippen molar-refractivity contribution in [2.24, 2.45) is 0 Å². The van der Waals surface area contributed by atoms with Crippen LogP contribution in [0.4, 0.5) is 5.69 Å². The molecule has 0 aliphatic carbocycles. The number of anilines is 1. The van der Waals surface area contributed by atoms with Crippen LogP contribution >= 0.6 is 15.9 Å². The Morgan fingerprint density at radius 1 is 1.30 bits per heavy atom.